The van der Waals surface area contributed by atoms with E-state index in [9.17, 15) is 4.79 Å². The zero-order valence-electron chi connectivity index (χ0n) is 11.7. The number of aromatic nitrogens is 2. The van der Waals surface area contributed by atoms with Crippen LogP contribution >= 0.6 is 23.2 Å². The number of hydrogen-bond donors (Lipinski definition) is 1. The fourth-order valence-corrected chi connectivity index (χ4v) is 2.46. The van der Waals surface area contributed by atoms with Gasteiger partial charge in [0.25, 0.3) is 0 Å². The van der Waals surface area contributed by atoms with Gasteiger partial charge in [0, 0.05) is 5.54 Å². The van der Waals surface area contributed by atoms with E-state index in [1.54, 1.807) is 10.6 Å². The van der Waals surface area contributed by atoms with Crippen LogP contribution in [0.5, 0.6) is 0 Å². The van der Waals surface area contributed by atoms with Crippen molar-refractivity contribution in [2.24, 2.45) is 0 Å². The summed E-state index contributed by atoms with van der Waals surface area (Å²) < 4.78 is 1.80. The van der Waals surface area contributed by atoms with Crippen molar-refractivity contribution >= 4 is 40.1 Å². The van der Waals surface area contributed by atoms with Gasteiger partial charge in [-0.1, -0.05) is 17.7 Å². The predicted molar refractivity (Wildman–Crippen MR) is 82.2 cm³/mol. The Kier molecular flexibility index (Phi) is 4.25. The van der Waals surface area contributed by atoms with Crippen LogP contribution in [0.3, 0.4) is 0 Å². The standard InChI is InChI=1S/C14H17Cl2N3O/c1-14(2,3)18-12(20)8-19-10-6-4-5-9(16)13(10)17-11(19)7-15/h4-6H,7-8H2,1-3H3,(H,18,20). The van der Waals surface area contributed by atoms with Gasteiger partial charge in [0.2, 0.25) is 5.91 Å². The highest BCUT2D eigenvalue weighted by Gasteiger charge is 2.18. The number of carbonyl (C=O) groups is 1. The fraction of sp³-hybridized carbons (Fsp3) is 0.429. The SMILES string of the molecule is CC(C)(C)NC(=O)Cn1c(CCl)nc2c(Cl)cccc21. The molecule has 20 heavy (non-hydrogen) atoms. The lowest BCUT2D eigenvalue weighted by molar-refractivity contribution is -0.123. The quantitative estimate of drug-likeness (QED) is 0.883. The van der Waals surface area contributed by atoms with Crippen molar-refractivity contribution in [1.82, 2.24) is 14.9 Å². The summed E-state index contributed by atoms with van der Waals surface area (Å²) >= 11 is 12.0. The summed E-state index contributed by atoms with van der Waals surface area (Å²) in [4.78, 5) is 16.5. The number of imidazole rings is 1. The van der Waals surface area contributed by atoms with Crippen LogP contribution in [-0.4, -0.2) is 21.0 Å². The van der Waals surface area contributed by atoms with E-state index in [2.05, 4.69) is 10.3 Å². The van der Waals surface area contributed by atoms with Gasteiger partial charge in [0.15, 0.2) is 0 Å². The van der Waals surface area contributed by atoms with Crippen LogP contribution in [0.2, 0.25) is 5.02 Å². The third-order valence-electron chi connectivity index (χ3n) is 2.74. The minimum atomic E-state index is -0.272. The molecule has 1 amide bonds. The number of carbonyl (C=O) groups excluding carboxylic acids is 1. The largest absolute Gasteiger partial charge is 0.350 e. The molecule has 0 saturated heterocycles. The Morgan fingerprint density at radius 2 is 2.10 bits per heavy atom. The first-order valence-electron chi connectivity index (χ1n) is 6.32. The molecule has 1 aromatic carbocycles. The first-order chi connectivity index (χ1) is 9.31. The molecule has 0 aliphatic carbocycles. The van der Waals surface area contributed by atoms with Crippen molar-refractivity contribution in [3.8, 4) is 0 Å². The van der Waals surface area contributed by atoms with Gasteiger partial charge in [0.05, 0.1) is 16.4 Å². The molecule has 108 valence electrons. The van der Waals surface area contributed by atoms with E-state index in [0.29, 0.717) is 16.4 Å². The van der Waals surface area contributed by atoms with Crippen molar-refractivity contribution in [2.45, 2.75) is 38.7 Å². The van der Waals surface area contributed by atoms with Crippen LogP contribution in [0.4, 0.5) is 0 Å². The van der Waals surface area contributed by atoms with Crippen molar-refractivity contribution in [3.05, 3.63) is 29.0 Å². The van der Waals surface area contributed by atoms with Crippen LogP contribution in [-0.2, 0) is 17.2 Å². The second-order valence-electron chi connectivity index (χ2n) is 5.65. The number of fused-ring (bicyclic) bond motifs is 1. The monoisotopic (exact) mass is 313 g/mol. The highest BCUT2D eigenvalue weighted by Crippen LogP contribution is 2.24. The van der Waals surface area contributed by atoms with Crippen LogP contribution in [0, 0.1) is 0 Å². The van der Waals surface area contributed by atoms with Gasteiger partial charge in [-0.05, 0) is 32.9 Å². The molecule has 1 heterocycles. The summed E-state index contributed by atoms with van der Waals surface area (Å²) in [7, 11) is 0. The maximum atomic E-state index is 12.1. The minimum Gasteiger partial charge on any atom is -0.350 e. The van der Waals surface area contributed by atoms with Crippen LogP contribution in [0.25, 0.3) is 11.0 Å². The van der Waals surface area contributed by atoms with Crippen molar-refractivity contribution in [3.63, 3.8) is 0 Å². The van der Waals surface area contributed by atoms with Crippen LogP contribution in [0.1, 0.15) is 26.6 Å². The van der Waals surface area contributed by atoms with E-state index in [4.69, 9.17) is 23.2 Å². The van der Waals surface area contributed by atoms with Gasteiger partial charge in [-0.15, -0.1) is 11.6 Å². The molecule has 0 aliphatic heterocycles. The highest BCUT2D eigenvalue weighted by molar-refractivity contribution is 6.35. The predicted octanol–water partition coefficient (Wildman–Crippen LogP) is 3.34. The molecular weight excluding hydrogens is 297 g/mol. The number of para-hydroxylation sites is 1. The molecule has 0 unspecified atom stereocenters. The molecule has 0 spiro atoms. The molecule has 6 heteroatoms. The maximum absolute atomic E-state index is 12.1. The lowest BCUT2D eigenvalue weighted by atomic mass is 10.1. The van der Waals surface area contributed by atoms with Crippen molar-refractivity contribution < 1.29 is 4.79 Å². The smallest absolute Gasteiger partial charge is 0.240 e. The third kappa shape index (κ3) is 3.25. The average Bonchev–Trinajstić information content (AvgIpc) is 2.67. The minimum absolute atomic E-state index is 0.0804. The number of nitrogens with one attached hydrogen (secondary N) is 1. The number of nitrogens with zero attached hydrogens (tertiary/aromatic N) is 2. The second-order valence-corrected chi connectivity index (χ2v) is 6.33. The molecule has 2 aromatic rings. The maximum Gasteiger partial charge on any atom is 0.240 e. The summed E-state index contributed by atoms with van der Waals surface area (Å²) in [5, 5.41) is 3.48. The highest BCUT2D eigenvalue weighted by atomic mass is 35.5. The fourth-order valence-electron chi connectivity index (χ4n) is 2.04. The summed E-state index contributed by atoms with van der Waals surface area (Å²) in [6.45, 7) is 6.00. The van der Waals surface area contributed by atoms with E-state index in [0.717, 1.165) is 5.52 Å². The van der Waals surface area contributed by atoms with E-state index in [1.807, 2.05) is 32.9 Å². The summed E-state index contributed by atoms with van der Waals surface area (Å²) in [5.41, 5.74) is 1.22. The molecule has 1 N–H and O–H groups in total. The Balaban J connectivity index is 2.38. The first kappa shape index (κ1) is 15.1. The Morgan fingerprint density at radius 1 is 1.40 bits per heavy atom. The lowest BCUT2D eigenvalue weighted by Gasteiger charge is -2.21. The number of alkyl halides is 1. The molecule has 0 atom stereocenters. The van der Waals surface area contributed by atoms with Crippen molar-refractivity contribution in [1.29, 1.82) is 0 Å². The van der Waals surface area contributed by atoms with Gasteiger partial charge >= 0.3 is 0 Å². The normalized spacial score (nSPS) is 11.8. The molecule has 0 saturated carbocycles. The van der Waals surface area contributed by atoms with Gasteiger partial charge < -0.3 is 9.88 Å². The van der Waals surface area contributed by atoms with Crippen LogP contribution < -0.4 is 5.32 Å². The zero-order chi connectivity index (χ0) is 14.9. The number of halogens is 2. The zero-order valence-corrected chi connectivity index (χ0v) is 13.2. The lowest BCUT2D eigenvalue weighted by Crippen LogP contribution is -2.42. The van der Waals surface area contributed by atoms with Crippen LogP contribution in [0.15, 0.2) is 18.2 Å². The van der Waals surface area contributed by atoms with Gasteiger partial charge in [-0.25, -0.2) is 4.98 Å². The van der Waals surface area contributed by atoms with Gasteiger partial charge in [-0.3, -0.25) is 4.79 Å². The average molecular weight is 314 g/mol. The molecular formula is C14H17Cl2N3O. The number of benzene rings is 1. The number of hydrogen-bond acceptors (Lipinski definition) is 2. The Bertz CT molecular complexity index is 644. The van der Waals surface area contributed by atoms with E-state index in [-0.39, 0.29) is 23.9 Å². The van der Waals surface area contributed by atoms with Gasteiger partial charge in [0.1, 0.15) is 17.9 Å². The molecule has 0 bridgehead atoms. The first-order valence-corrected chi connectivity index (χ1v) is 7.23. The van der Waals surface area contributed by atoms with Crippen molar-refractivity contribution in [2.75, 3.05) is 0 Å². The topological polar surface area (TPSA) is 46.9 Å². The van der Waals surface area contributed by atoms with E-state index >= 15 is 0 Å². The second kappa shape index (κ2) is 5.62. The Morgan fingerprint density at radius 3 is 2.70 bits per heavy atom. The van der Waals surface area contributed by atoms with E-state index < -0.39 is 0 Å². The van der Waals surface area contributed by atoms with Gasteiger partial charge in [-0.2, -0.15) is 0 Å². The Hall–Kier alpha value is -1.26. The molecule has 4 nitrogen and oxygen atoms in total. The molecule has 0 radical (unpaired) electrons. The summed E-state index contributed by atoms with van der Waals surface area (Å²) in [6.07, 6.45) is 0. The summed E-state index contributed by atoms with van der Waals surface area (Å²) in [5.74, 6) is 0.787. The number of amides is 1. The number of rotatable bonds is 3. The van der Waals surface area contributed by atoms with E-state index in [1.165, 1.54) is 0 Å². The molecule has 1 aromatic heterocycles. The molecule has 0 aliphatic rings. The Labute approximate surface area is 128 Å². The molecule has 0 fully saturated rings. The molecule has 2 rings (SSSR count). The third-order valence-corrected chi connectivity index (χ3v) is 3.29. The summed E-state index contributed by atoms with van der Waals surface area (Å²) in [6, 6.07) is 5.49.